The van der Waals surface area contributed by atoms with Crippen molar-refractivity contribution in [2.24, 2.45) is 35.0 Å². The maximum atomic E-state index is 13.0. The lowest BCUT2D eigenvalue weighted by atomic mass is 9.49. The maximum absolute atomic E-state index is 13.0. The Morgan fingerprint density at radius 2 is 1.91 bits per heavy atom. The Kier molecular flexibility index (Phi) is 5.68. The minimum atomic E-state index is -1.73. The summed E-state index contributed by atoms with van der Waals surface area (Å²) in [5.74, 6) is -0.205. The second kappa shape index (κ2) is 7.99. The van der Waals surface area contributed by atoms with Gasteiger partial charge in [-0.3, -0.25) is 4.79 Å². The van der Waals surface area contributed by atoms with Crippen LogP contribution in [0.25, 0.3) is 0 Å². The first-order chi connectivity index (χ1) is 16.0. The summed E-state index contributed by atoms with van der Waals surface area (Å²) < 4.78 is 12.0. The number of hydrogen-bond acceptors (Lipinski definition) is 7. The predicted octanol–water partition coefficient (Wildman–Crippen LogP) is 2.33. The highest BCUT2D eigenvalue weighted by atomic mass is 16.5. The number of carbonyl (C=O) groups excluding carboxylic acids is 2. The van der Waals surface area contributed by atoms with E-state index in [4.69, 9.17) is 9.47 Å². The number of ketones is 1. The zero-order valence-corrected chi connectivity index (χ0v) is 20.6. The SMILES string of the molecule is CC1=C(CO)C(=O)O[C@@H]([C@@H](C)C2CC[C@H]3[C@@H]4CO[C@@]5(C)[C@@H](O)C=CC(=O)[C@]5(O)[C@H]4CC[C@]23C)C1. The van der Waals surface area contributed by atoms with E-state index in [9.17, 15) is 24.9 Å². The molecule has 0 bridgehead atoms. The van der Waals surface area contributed by atoms with Gasteiger partial charge in [-0.2, -0.15) is 0 Å². The molecule has 5 aliphatic rings. The van der Waals surface area contributed by atoms with Gasteiger partial charge in [0, 0.05) is 12.3 Å². The van der Waals surface area contributed by atoms with Crippen LogP contribution in [0.2, 0.25) is 0 Å². The van der Waals surface area contributed by atoms with Gasteiger partial charge >= 0.3 is 5.97 Å². The van der Waals surface area contributed by atoms with Gasteiger partial charge in [-0.05, 0) is 80.8 Å². The number of aliphatic hydroxyl groups is 3. The van der Waals surface area contributed by atoms with Gasteiger partial charge in [0.1, 0.15) is 17.8 Å². The number of fused-ring (bicyclic) bond motifs is 5. The summed E-state index contributed by atoms with van der Waals surface area (Å²) in [7, 11) is 0. The molecule has 188 valence electrons. The summed E-state index contributed by atoms with van der Waals surface area (Å²) in [5, 5.41) is 31.9. The summed E-state index contributed by atoms with van der Waals surface area (Å²) >= 11 is 0. The van der Waals surface area contributed by atoms with Gasteiger partial charge in [0.25, 0.3) is 0 Å². The third-order valence-electron chi connectivity index (χ3n) is 10.7. The second-order valence-electron chi connectivity index (χ2n) is 11.9. The highest BCUT2D eigenvalue weighted by molar-refractivity contribution is 5.99. The number of carbonyl (C=O) groups is 2. The zero-order valence-electron chi connectivity index (χ0n) is 20.6. The van der Waals surface area contributed by atoms with Gasteiger partial charge in [-0.1, -0.05) is 19.4 Å². The fraction of sp³-hybridized carbons (Fsp3) is 0.778. The number of rotatable bonds is 3. The number of ether oxygens (including phenoxy) is 2. The molecule has 34 heavy (non-hydrogen) atoms. The molecule has 1 unspecified atom stereocenters. The third kappa shape index (κ3) is 3.03. The minimum absolute atomic E-state index is 0.0124. The van der Waals surface area contributed by atoms with Gasteiger partial charge < -0.3 is 24.8 Å². The molecule has 0 aromatic carbocycles. The van der Waals surface area contributed by atoms with Crippen molar-refractivity contribution < 1.29 is 34.4 Å². The number of aliphatic hydroxyl groups excluding tert-OH is 2. The summed E-state index contributed by atoms with van der Waals surface area (Å²) in [4.78, 5) is 25.5. The molecule has 3 fully saturated rings. The lowest BCUT2D eigenvalue weighted by molar-refractivity contribution is -0.284. The van der Waals surface area contributed by atoms with Crippen molar-refractivity contribution in [3.8, 4) is 0 Å². The normalized spacial score (nSPS) is 49.3. The molecule has 0 aromatic heterocycles. The lowest BCUT2D eigenvalue weighted by Crippen LogP contribution is -2.74. The monoisotopic (exact) mass is 474 g/mol. The van der Waals surface area contributed by atoms with Crippen LogP contribution in [0.5, 0.6) is 0 Å². The van der Waals surface area contributed by atoms with E-state index in [2.05, 4.69) is 13.8 Å². The van der Waals surface area contributed by atoms with Gasteiger partial charge in [0.2, 0.25) is 0 Å². The zero-order chi connectivity index (χ0) is 24.6. The van der Waals surface area contributed by atoms with E-state index in [1.165, 1.54) is 12.2 Å². The van der Waals surface area contributed by atoms with Crippen molar-refractivity contribution in [1.29, 1.82) is 0 Å². The molecule has 0 radical (unpaired) electrons. The van der Waals surface area contributed by atoms with E-state index >= 15 is 0 Å². The number of cyclic esters (lactones) is 1. The fourth-order valence-corrected chi connectivity index (χ4v) is 8.52. The topological polar surface area (TPSA) is 113 Å². The molecule has 2 aliphatic heterocycles. The average molecular weight is 475 g/mol. The van der Waals surface area contributed by atoms with E-state index in [0.717, 1.165) is 24.8 Å². The molecule has 0 aromatic rings. The molecule has 3 N–H and O–H groups in total. The summed E-state index contributed by atoms with van der Waals surface area (Å²) in [6, 6.07) is 0. The lowest BCUT2D eigenvalue weighted by Gasteiger charge is -2.61. The Morgan fingerprint density at radius 1 is 1.18 bits per heavy atom. The second-order valence-corrected chi connectivity index (χ2v) is 11.9. The number of hydrogen-bond donors (Lipinski definition) is 3. The molecule has 3 aliphatic carbocycles. The first-order valence-corrected chi connectivity index (χ1v) is 12.8. The Hall–Kier alpha value is -1.54. The smallest absolute Gasteiger partial charge is 0.336 e. The quantitative estimate of drug-likeness (QED) is 0.538. The van der Waals surface area contributed by atoms with Crippen molar-refractivity contribution in [3.05, 3.63) is 23.3 Å². The minimum Gasteiger partial charge on any atom is -0.458 e. The maximum Gasteiger partial charge on any atom is 0.336 e. The Balaban J connectivity index is 1.40. The highest BCUT2D eigenvalue weighted by Crippen LogP contribution is 2.65. The average Bonchev–Trinajstić information content (AvgIpc) is 3.15. The highest BCUT2D eigenvalue weighted by Gasteiger charge is 2.70. The molecular formula is C27H38O7. The van der Waals surface area contributed by atoms with Crippen LogP contribution < -0.4 is 0 Å². The summed E-state index contributed by atoms with van der Waals surface area (Å²) in [6.07, 6.45) is 5.71. The van der Waals surface area contributed by atoms with Crippen LogP contribution in [-0.2, 0) is 19.1 Å². The molecule has 2 heterocycles. The van der Waals surface area contributed by atoms with Gasteiger partial charge in [-0.15, -0.1) is 0 Å². The Morgan fingerprint density at radius 3 is 2.59 bits per heavy atom. The van der Waals surface area contributed by atoms with Gasteiger partial charge in [0.15, 0.2) is 11.4 Å². The van der Waals surface area contributed by atoms with Crippen LogP contribution >= 0.6 is 0 Å². The molecule has 1 saturated heterocycles. The van der Waals surface area contributed by atoms with E-state index in [1.807, 2.05) is 6.92 Å². The van der Waals surface area contributed by atoms with E-state index in [1.54, 1.807) is 6.92 Å². The largest absolute Gasteiger partial charge is 0.458 e. The standard InChI is InChI=1S/C27H38O7/c1-14-11-21(34-24(31)16(14)12-28)15(2)18-5-6-19-17-13-33-26(4)22(29)7-8-23(30)27(26,32)20(17)9-10-25(18,19)3/h7-8,15,17-22,28-29,32H,5-6,9-13H2,1-4H3/t15-,17-,18?,19-,20-,21+,22-,25+,26-,27+/m0/s1. The first-order valence-electron chi connectivity index (χ1n) is 12.8. The molecular weight excluding hydrogens is 436 g/mol. The van der Waals surface area contributed by atoms with E-state index in [0.29, 0.717) is 30.9 Å². The van der Waals surface area contributed by atoms with Gasteiger partial charge in [-0.25, -0.2) is 4.79 Å². The van der Waals surface area contributed by atoms with Crippen molar-refractivity contribution in [2.75, 3.05) is 13.2 Å². The van der Waals surface area contributed by atoms with Crippen LogP contribution in [0.1, 0.15) is 59.8 Å². The van der Waals surface area contributed by atoms with Gasteiger partial charge in [0.05, 0.1) is 18.8 Å². The van der Waals surface area contributed by atoms with E-state index in [-0.39, 0.29) is 47.6 Å². The van der Waals surface area contributed by atoms with Crippen LogP contribution in [0.3, 0.4) is 0 Å². The molecule has 0 amide bonds. The third-order valence-corrected chi connectivity index (χ3v) is 10.7. The molecule has 0 spiro atoms. The Bertz CT molecular complexity index is 955. The first kappa shape index (κ1) is 24.2. The van der Waals surface area contributed by atoms with Crippen molar-refractivity contribution in [3.63, 3.8) is 0 Å². The molecule has 2 saturated carbocycles. The van der Waals surface area contributed by atoms with Crippen LogP contribution in [0.4, 0.5) is 0 Å². The van der Waals surface area contributed by atoms with Crippen molar-refractivity contribution in [2.45, 2.75) is 83.2 Å². The van der Waals surface area contributed by atoms with Crippen LogP contribution in [0, 0.1) is 35.0 Å². The summed E-state index contributed by atoms with van der Waals surface area (Å²) in [6.45, 7) is 8.19. The van der Waals surface area contributed by atoms with E-state index < -0.39 is 23.3 Å². The molecule has 7 heteroatoms. The Labute approximate surface area is 201 Å². The molecule has 10 atom stereocenters. The summed E-state index contributed by atoms with van der Waals surface area (Å²) in [5.41, 5.74) is -1.78. The molecule has 5 rings (SSSR count). The van der Waals surface area contributed by atoms with Crippen molar-refractivity contribution in [1.82, 2.24) is 0 Å². The van der Waals surface area contributed by atoms with Crippen LogP contribution in [-0.4, -0.2) is 63.7 Å². The fourth-order valence-electron chi connectivity index (χ4n) is 8.52. The molecule has 7 nitrogen and oxygen atoms in total. The predicted molar refractivity (Wildman–Crippen MR) is 123 cm³/mol. The van der Waals surface area contributed by atoms with Crippen LogP contribution in [0.15, 0.2) is 23.3 Å². The van der Waals surface area contributed by atoms with Crippen molar-refractivity contribution >= 4 is 11.8 Å². The number of esters is 1.